The number of benzene rings is 1. The number of pyridine rings is 1. The van der Waals surface area contributed by atoms with Crippen molar-refractivity contribution in [2.24, 2.45) is 0 Å². The van der Waals surface area contributed by atoms with Gasteiger partial charge in [0.2, 0.25) is 0 Å². The van der Waals surface area contributed by atoms with Crippen molar-refractivity contribution in [1.82, 2.24) is 19.4 Å². The Labute approximate surface area is 157 Å². The number of likely N-dealkylation sites (tertiary alicyclic amines) is 1. The van der Waals surface area contributed by atoms with Crippen LogP contribution in [-0.4, -0.2) is 38.6 Å². The SMILES string of the molecule is CC.Cc1ccc2ncc3nc(C)n(C4CCN(C(C)C)CC4)c3c2c1. The van der Waals surface area contributed by atoms with Crippen LogP contribution in [0.25, 0.3) is 21.9 Å². The number of piperidine rings is 1. The number of fused-ring (bicyclic) bond motifs is 3. The van der Waals surface area contributed by atoms with Gasteiger partial charge in [0.05, 0.1) is 17.2 Å². The Balaban J connectivity index is 0.000000948. The second-order valence-electron chi connectivity index (χ2n) is 7.40. The zero-order valence-corrected chi connectivity index (χ0v) is 17.1. The van der Waals surface area contributed by atoms with E-state index in [1.807, 2.05) is 20.0 Å². The van der Waals surface area contributed by atoms with Gasteiger partial charge in [-0.2, -0.15) is 0 Å². The van der Waals surface area contributed by atoms with E-state index >= 15 is 0 Å². The number of rotatable bonds is 2. The molecule has 0 spiro atoms. The summed E-state index contributed by atoms with van der Waals surface area (Å²) < 4.78 is 2.48. The highest BCUT2D eigenvalue weighted by Gasteiger charge is 2.25. The molecule has 0 amide bonds. The molecule has 0 saturated carbocycles. The van der Waals surface area contributed by atoms with Crippen molar-refractivity contribution in [2.75, 3.05) is 13.1 Å². The summed E-state index contributed by atoms with van der Waals surface area (Å²) in [5, 5.41) is 1.24. The smallest absolute Gasteiger partial charge is 0.108 e. The molecule has 140 valence electrons. The van der Waals surface area contributed by atoms with Crippen LogP contribution in [0.5, 0.6) is 0 Å². The summed E-state index contributed by atoms with van der Waals surface area (Å²) in [6.07, 6.45) is 4.32. The van der Waals surface area contributed by atoms with Gasteiger partial charge in [-0.25, -0.2) is 4.98 Å². The molecule has 4 nitrogen and oxygen atoms in total. The fourth-order valence-electron chi connectivity index (χ4n) is 4.11. The van der Waals surface area contributed by atoms with E-state index in [4.69, 9.17) is 4.98 Å². The van der Waals surface area contributed by atoms with E-state index in [9.17, 15) is 0 Å². The molecular weight excluding hydrogens is 320 g/mol. The topological polar surface area (TPSA) is 34.0 Å². The fourth-order valence-corrected chi connectivity index (χ4v) is 4.11. The first-order valence-corrected chi connectivity index (χ1v) is 10.0. The lowest BCUT2D eigenvalue weighted by Crippen LogP contribution is -2.39. The van der Waals surface area contributed by atoms with E-state index in [2.05, 4.69) is 60.3 Å². The minimum atomic E-state index is 0.538. The van der Waals surface area contributed by atoms with Gasteiger partial charge in [-0.1, -0.05) is 25.5 Å². The summed E-state index contributed by atoms with van der Waals surface area (Å²) in [7, 11) is 0. The van der Waals surface area contributed by atoms with E-state index in [1.54, 1.807) is 0 Å². The molecule has 1 saturated heterocycles. The zero-order valence-electron chi connectivity index (χ0n) is 17.1. The van der Waals surface area contributed by atoms with Gasteiger partial charge in [0.1, 0.15) is 11.3 Å². The molecular formula is C22H32N4. The van der Waals surface area contributed by atoms with Crippen molar-refractivity contribution < 1.29 is 0 Å². The van der Waals surface area contributed by atoms with Gasteiger partial charge in [0.25, 0.3) is 0 Å². The Hall–Kier alpha value is -1.94. The Morgan fingerprint density at radius 2 is 1.73 bits per heavy atom. The molecule has 3 heterocycles. The van der Waals surface area contributed by atoms with Crippen LogP contribution in [0.2, 0.25) is 0 Å². The maximum Gasteiger partial charge on any atom is 0.108 e. The highest BCUT2D eigenvalue weighted by Crippen LogP contribution is 2.32. The third-order valence-corrected chi connectivity index (χ3v) is 5.44. The Morgan fingerprint density at radius 3 is 2.38 bits per heavy atom. The van der Waals surface area contributed by atoms with Crippen molar-refractivity contribution in [3.05, 3.63) is 35.8 Å². The lowest BCUT2D eigenvalue weighted by molar-refractivity contribution is 0.152. The summed E-state index contributed by atoms with van der Waals surface area (Å²) in [6, 6.07) is 7.69. The van der Waals surface area contributed by atoms with E-state index < -0.39 is 0 Å². The number of nitrogens with zero attached hydrogens (tertiary/aromatic N) is 4. The summed E-state index contributed by atoms with van der Waals surface area (Å²) in [5.74, 6) is 1.11. The lowest BCUT2D eigenvalue weighted by Gasteiger charge is -2.35. The number of hydrogen-bond donors (Lipinski definition) is 0. The lowest BCUT2D eigenvalue weighted by atomic mass is 10.0. The number of imidazole rings is 1. The first kappa shape index (κ1) is 18.8. The third-order valence-electron chi connectivity index (χ3n) is 5.44. The van der Waals surface area contributed by atoms with Crippen molar-refractivity contribution in [3.63, 3.8) is 0 Å². The van der Waals surface area contributed by atoms with Crippen molar-refractivity contribution in [1.29, 1.82) is 0 Å². The van der Waals surface area contributed by atoms with Crippen LogP contribution in [-0.2, 0) is 0 Å². The normalized spacial score (nSPS) is 16.3. The van der Waals surface area contributed by atoms with Crippen molar-refractivity contribution in [2.45, 2.75) is 66.5 Å². The van der Waals surface area contributed by atoms with Crippen LogP contribution in [0.1, 0.15) is 58.0 Å². The number of hydrogen-bond acceptors (Lipinski definition) is 3. The Bertz CT molecular complexity index is 886. The predicted octanol–water partition coefficient (Wildman–Crippen LogP) is 5.27. The molecule has 1 aliphatic heterocycles. The van der Waals surface area contributed by atoms with Crippen molar-refractivity contribution in [3.8, 4) is 0 Å². The monoisotopic (exact) mass is 352 g/mol. The van der Waals surface area contributed by atoms with Crippen LogP contribution in [0, 0.1) is 13.8 Å². The molecule has 0 atom stereocenters. The second-order valence-corrected chi connectivity index (χ2v) is 7.40. The Kier molecular flexibility index (Phi) is 5.61. The molecule has 4 heteroatoms. The minimum Gasteiger partial charge on any atom is -0.324 e. The maximum absolute atomic E-state index is 4.81. The number of aryl methyl sites for hydroxylation is 2. The van der Waals surface area contributed by atoms with Crippen LogP contribution >= 0.6 is 0 Å². The summed E-state index contributed by atoms with van der Waals surface area (Å²) in [6.45, 7) is 15.2. The largest absolute Gasteiger partial charge is 0.324 e. The molecule has 0 N–H and O–H groups in total. The van der Waals surface area contributed by atoms with Gasteiger partial charge in [-0.3, -0.25) is 4.98 Å². The molecule has 3 aromatic rings. The average Bonchev–Trinajstić information content (AvgIpc) is 2.99. The fraction of sp³-hybridized carbons (Fsp3) is 0.545. The van der Waals surface area contributed by atoms with Gasteiger partial charge in [-0.15, -0.1) is 0 Å². The van der Waals surface area contributed by atoms with Crippen molar-refractivity contribution >= 4 is 21.9 Å². The number of aromatic nitrogens is 3. The summed E-state index contributed by atoms with van der Waals surface area (Å²) in [4.78, 5) is 12.0. The van der Waals surface area contributed by atoms with Crippen LogP contribution in [0.4, 0.5) is 0 Å². The standard InChI is InChI=1S/C20H26N4.C2H6/c1-13(2)23-9-7-16(8-10-23)24-15(4)22-19-12-21-18-6-5-14(3)11-17(18)20(19)24;1-2/h5-6,11-13,16H,7-10H2,1-4H3;1-2H3. The van der Waals surface area contributed by atoms with Gasteiger partial charge in [0, 0.05) is 30.6 Å². The van der Waals surface area contributed by atoms with E-state index in [0.29, 0.717) is 12.1 Å². The van der Waals surface area contributed by atoms with E-state index in [1.165, 1.54) is 42.4 Å². The quantitative estimate of drug-likeness (QED) is 0.630. The van der Waals surface area contributed by atoms with Gasteiger partial charge in [-0.05, 0) is 52.7 Å². The van der Waals surface area contributed by atoms with Crippen LogP contribution in [0.3, 0.4) is 0 Å². The highest BCUT2D eigenvalue weighted by atomic mass is 15.2. The second kappa shape index (κ2) is 7.75. The molecule has 0 bridgehead atoms. The van der Waals surface area contributed by atoms with E-state index in [0.717, 1.165) is 16.9 Å². The molecule has 0 unspecified atom stereocenters. The molecule has 0 radical (unpaired) electrons. The van der Waals surface area contributed by atoms with Gasteiger partial charge >= 0.3 is 0 Å². The summed E-state index contributed by atoms with van der Waals surface area (Å²) >= 11 is 0. The maximum atomic E-state index is 4.81. The van der Waals surface area contributed by atoms with Gasteiger partial charge < -0.3 is 9.47 Å². The predicted molar refractivity (Wildman–Crippen MR) is 111 cm³/mol. The van der Waals surface area contributed by atoms with Gasteiger partial charge in [0.15, 0.2) is 0 Å². The first-order chi connectivity index (χ1) is 12.5. The first-order valence-electron chi connectivity index (χ1n) is 10.0. The molecule has 1 aromatic carbocycles. The third kappa shape index (κ3) is 3.35. The van der Waals surface area contributed by atoms with Crippen LogP contribution in [0.15, 0.2) is 24.4 Å². The molecule has 0 aliphatic carbocycles. The molecule has 26 heavy (non-hydrogen) atoms. The molecule has 1 aliphatic rings. The van der Waals surface area contributed by atoms with E-state index in [-0.39, 0.29) is 0 Å². The minimum absolute atomic E-state index is 0.538. The highest BCUT2D eigenvalue weighted by molar-refractivity contribution is 6.02. The average molecular weight is 353 g/mol. The Morgan fingerprint density at radius 1 is 1.04 bits per heavy atom. The zero-order chi connectivity index (χ0) is 18.8. The van der Waals surface area contributed by atoms with Crippen LogP contribution < -0.4 is 0 Å². The molecule has 4 rings (SSSR count). The summed E-state index contributed by atoms with van der Waals surface area (Å²) in [5.41, 5.74) is 4.63. The molecule has 2 aromatic heterocycles. The molecule has 1 fully saturated rings.